The second-order valence-corrected chi connectivity index (χ2v) is 13.3. The first-order chi connectivity index (χ1) is 22.5. The molecular weight excluding hydrogens is 628 g/mol. The molecule has 1 saturated heterocycles. The molecule has 2 N–H and O–H groups in total. The van der Waals surface area contributed by atoms with Gasteiger partial charge in [0.05, 0.1) is 34.4 Å². The second kappa shape index (κ2) is 12.6. The van der Waals surface area contributed by atoms with Gasteiger partial charge in [0, 0.05) is 27.2 Å². The molecule has 9 atom stereocenters. The Balaban J connectivity index is 1.84. The Morgan fingerprint density at radius 2 is 1.27 bits per heavy atom. The smallest absolute Gasteiger partial charge is 0.338 e. The van der Waals surface area contributed by atoms with E-state index in [-0.39, 0.29) is 11.1 Å². The zero-order valence-electron chi connectivity index (χ0n) is 27.5. The van der Waals surface area contributed by atoms with E-state index in [1.807, 2.05) is 0 Å². The van der Waals surface area contributed by atoms with Gasteiger partial charge in [-0.15, -0.1) is 0 Å². The van der Waals surface area contributed by atoms with Crippen molar-refractivity contribution in [1.29, 1.82) is 0 Å². The van der Waals surface area contributed by atoms with Crippen LogP contribution in [0.25, 0.3) is 0 Å². The zero-order chi connectivity index (χ0) is 35.2. The Kier molecular flexibility index (Phi) is 9.19. The normalized spacial score (nSPS) is 34.6. The quantitative estimate of drug-likeness (QED) is 0.310. The van der Waals surface area contributed by atoms with E-state index in [0.29, 0.717) is 0 Å². The lowest BCUT2D eigenvalue weighted by molar-refractivity contribution is -0.362. The van der Waals surface area contributed by atoms with Gasteiger partial charge in [-0.25, -0.2) is 9.59 Å². The second-order valence-electron chi connectivity index (χ2n) is 13.3. The zero-order valence-corrected chi connectivity index (χ0v) is 27.5. The van der Waals surface area contributed by atoms with Crippen molar-refractivity contribution in [2.45, 2.75) is 95.3 Å². The van der Waals surface area contributed by atoms with Crippen LogP contribution in [-0.4, -0.2) is 94.0 Å². The Morgan fingerprint density at radius 1 is 0.750 bits per heavy atom. The van der Waals surface area contributed by atoms with Crippen molar-refractivity contribution in [3.05, 3.63) is 71.8 Å². The lowest BCUT2D eigenvalue weighted by Crippen LogP contribution is -2.85. The van der Waals surface area contributed by atoms with E-state index in [0.717, 1.165) is 20.8 Å². The van der Waals surface area contributed by atoms with Gasteiger partial charge in [-0.3, -0.25) is 14.4 Å². The summed E-state index contributed by atoms with van der Waals surface area (Å²) in [6.07, 6.45) is -8.57. The van der Waals surface area contributed by atoms with E-state index in [4.69, 9.17) is 28.4 Å². The maximum atomic E-state index is 14.0. The Bertz CT molecular complexity index is 1570. The van der Waals surface area contributed by atoms with Crippen molar-refractivity contribution < 1.29 is 62.6 Å². The van der Waals surface area contributed by atoms with E-state index in [2.05, 4.69) is 0 Å². The minimum atomic E-state index is -2.26. The Morgan fingerprint density at radius 3 is 1.77 bits per heavy atom. The average molecular weight is 669 g/mol. The number of ether oxygens (including phenoxy) is 6. The summed E-state index contributed by atoms with van der Waals surface area (Å²) in [5.74, 6) is -5.44. The summed E-state index contributed by atoms with van der Waals surface area (Å²) in [6.45, 7) is 7.04. The highest BCUT2D eigenvalue weighted by Gasteiger charge is 2.88. The average Bonchev–Trinajstić information content (AvgIpc) is 3.19. The molecule has 1 aliphatic heterocycles. The fourth-order valence-electron chi connectivity index (χ4n) is 8.10. The van der Waals surface area contributed by atoms with Crippen molar-refractivity contribution in [1.82, 2.24) is 0 Å². The summed E-state index contributed by atoms with van der Waals surface area (Å²) >= 11 is 0. The van der Waals surface area contributed by atoms with Gasteiger partial charge in [-0.1, -0.05) is 36.4 Å². The minimum Gasteiger partial charge on any atom is -0.465 e. The number of aliphatic hydroxyl groups excluding tert-OH is 1. The lowest BCUT2D eigenvalue weighted by atomic mass is 9.45. The standard InChI is InChI=1S/C35H40O13/c1-19(36)43-18-34-28(45-21(3)38)24(44-20(2)37)17-33(6,42)35(34)27(39)25(32(4,5)48-35)26(46-30(40)22-13-9-7-10-14-22)29(34)47-31(41)23-15-11-8-12-16-23/h7-16,24-29,39,42H,17-18H2,1-6H3/t24-,25+,26-,27+,28-,29+,33-,34-,35-/m0/s1. The summed E-state index contributed by atoms with van der Waals surface area (Å²) in [4.78, 5) is 65.6. The van der Waals surface area contributed by atoms with E-state index >= 15 is 0 Å². The summed E-state index contributed by atoms with van der Waals surface area (Å²) in [6, 6.07) is 15.8. The highest BCUT2D eigenvalue weighted by atomic mass is 16.6. The van der Waals surface area contributed by atoms with Crippen LogP contribution in [0.4, 0.5) is 0 Å². The molecule has 3 fully saturated rings. The predicted octanol–water partition coefficient (Wildman–Crippen LogP) is 2.54. The first kappa shape index (κ1) is 35.0. The van der Waals surface area contributed by atoms with E-state index in [9.17, 15) is 34.2 Å². The number of carbonyl (C=O) groups is 5. The van der Waals surface area contributed by atoms with Gasteiger partial charge in [-0.05, 0) is 45.0 Å². The monoisotopic (exact) mass is 668 g/mol. The van der Waals surface area contributed by atoms with Crippen molar-refractivity contribution in [2.75, 3.05) is 6.61 Å². The maximum absolute atomic E-state index is 14.0. The third kappa shape index (κ3) is 5.63. The third-order valence-electron chi connectivity index (χ3n) is 9.70. The molecule has 2 aromatic carbocycles. The summed E-state index contributed by atoms with van der Waals surface area (Å²) in [7, 11) is 0. The first-order valence-electron chi connectivity index (χ1n) is 15.6. The molecule has 2 saturated carbocycles. The molecule has 0 unspecified atom stereocenters. The molecule has 0 aromatic heterocycles. The van der Waals surface area contributed by atoms with Crippen LogP contribution in [0.1, 0.15) is 68.7 Å². The van der Waals surface area contributed by atoms with Crippen LogP contribution in [0.3, 0.4) is 0 Å². The number of hydrogen-bond donors (Lipinski definition) is 2. The van der Waals surface area contributed by atoms with Gasteiger partial charge in [0.1, 0.15) is 29.8 Å². The third-order valence-corrected chi connectivity index (χ3v) is 9.70. The fourth-order valence-corrected chi connectivity index (χ4v) is 8.10. The van der Waals surface area contributed by atoms with E-state index < -0.39 is 102 Å². The number of rotatable bonds is 8. The molecule has 13 nitrogen and oxygen atoms in total. The van der Waals surface area contributed by atoms with Crippen LogP contribution in [0, 0.1) is 11.3 Å². The fraction of sp³-hybridized carbons (Fsp3) is 0.514. The molecule has 1 spiro atoms. The molecule has 2 bridgehead atoms. The van der Waals surface area contributed by atoms with Gasteiger partial charge in [-0.2, -0.15) is 0 Å². The van der Waals surface area contributed by atoms with Crippen molar-refractivity contribution in [2.24, 2.45) is 11.3 Å². The highest BCUT2D eigenvalue weighted by Crippen LogP contribution is 2.69. The number of benzene rings is 2. The van der Waals surface area contributed by atoms with Crippen LogP contribution in [0.15, 0.2) is 60.7 Å². The lowest BCUT2D eigenvalue weighted by Gasteiger charge is -2.66. The van der Waals surface area contributed by atoms with Crippen LogP contribution >= 0.6 is 0 Å². The van der Waals surface area contributed by atoms with Gasteiger partial charge in [0.25, 0.3) is 0 Å². The van der Waals surface area contributed by atoms with Gasteiger partial charge in [0.15, 0.2) is 12.2 Å². The molecule has 258 valence electrons. The minimum absolute atomic E-state index is 0.0871. The predicted molar refractivity (Wildman–Crippen MR) is 164 cm³/mol. The van der Waals surface area contributed by atoms with Crippen LogP contribution in [0.2, 0.25) is 0 Å². The Labute approximate surface area is 277 Å². The summed E-state index contributed by atoms with van der Waals surface area (Å²) < 4.78 is 36.3. The summed E-state index contributed by atoms with van der Waals surface area (Å²) in [5.41, 5.74) is -7.84. The van der Waals surface area contributed by atoms with E-state index in [1.165, 1.54) is 31.2 Å². The topological polar surface area (TPSA) is 181 Å². The van der Waals surface area contributed by atoms with Crippen LogP contribution in [-0.2, 0) is 42.8 Å². The molecular formula is C35H40O13. The molecule has 0 amide bonds. The molecule has 2 aliphatic carbocycles. The molecule has 0 radical (unpaired) electrons. The number of esters is 5. The molecule has 48 heavy (non-hydrogen) atoms. The van der Waals surface area contributed by atoms with Crippen molar-refractivity contribution in [3.8, 4) is 0 Å². The largest absolute Gasteiger partial charge is 0.465 e. The van der Waals surface area contributed by atoms with Crippen LogP contribution < -0.4 is 0 Å². The van der Waals surface area contributed by atoms with Gasteiger partial charge >= 0.3 is 29.8 Å². The molecule has 3 aliphatic rings. The number of fused-ring (bicyclic) bond motifs is 1. The summed E-state index contributed by atoms with van der Waals surface area (Å²) in [5, 5.41) is 24.9. The molecule has 5 rings (SSSR count). The van der Waals surface area contributed by atoms with Crippen molar-refractivity contribution in [3.63, 3.8) is 0 Å². The van der Waals surface area contributed by atoms with E-state index in [1.54, 1.807) is 50.2 Å². The molecule has 2 aromatic rings. The Hall–Kier alpha value is -4.33. The van der Waals surface area contributed by atoms with Crippen LogP contribution in [0.5, 0.6) is 0 Å². The number of carbonyl (C=O) groups excluding carboxylic acids is 5. The van der Waals surface area contributed by atoms with Gasteiger partial charge in [0.2, 0.25) is 0 Å². The van der Waals surface area contributed by atoms with Crippen molar-refractivity contribution >= 4 is 29.8 Å². The number of aliphatic hydroxyl groups is 2. The molecule has 13 heteroatoms. The maximum Gasteiger partial charge on any atom is 0.338 e. The molecule has 1 heterocycles. The number of hydrogen-bond acceptors (Lipinski definition) is 13. The first-order valence-corrected chi connectivity index (χ1v) is 15.6. The SMILES string of the molecule is CC(=O)OC[C@]12[C@H](OC(=O)c3ccccc3)[C@@H](OC(=O)c3ccccc3)[C@@H]3[C@@H](O)[C@]1(OC3(C)C)[C@@](C)(O)C[C@H](OC(C)=O)[C@@H]2OC(C)=O. The van der Waals surface area contributed by atoms with Gasteiger partial charge < -0.3 is 38.6 Å². The highest BCUT2D eigenvalue weighted by molar-refractivity contribution is 5.90.